The molecule has 0 aliphatic heterocycles. The van der Waals surface area contributed by atoms with Gasteiger partial charge in [0.1, 0.15) is 5.75 Å². The van der Waals surface area contributed by atoms with E-state index >= 15 is 0 Å². The van der Waals surface area contributed by atoms with Crippen LogP contribution in [0.1, 0.15) is 16.7 Å². The second kappa shape index (κ2) is 8.53. The summed E-state index contributed by atoms with van der Waals surface area (Å²) in [5.41, 5.74) is 4.16. The van der Waals surface area contributed by atoms with Crippen molar-refractivity contribution in [2.45, 2.75) is 24.4 Å². The molecule has 4 aromatic rings. The molecule has 4 rings (SSSR count). The Bertz CT molecular complexity index is 1180. The second-order valence-corrected chi connectivity index (χ2v) is 7.87. The van der Waals surface area contributed by atoms with Gasteiger partial charge in [-0.25, -0.2) is 4.98 Å². The molecule has 5 heteroatoms. The number of methoxy groups -OCH3 is 1. The van der Waals surface area contributed by atoms with E-state index in [0.717, 1.165) is 33.3 Å². The van der Waals surface area contributed by atoms with Crippen molar-refractivity contribution < 1.29 is 4.74 Å². The first-order valence-electron chi connectivity index (χ1n) is 9.45. The van der Waals surface area contributed by atoms with Crippen molar-refractivity contribution in [3.05, 3.63) is 99.8 Å². The Hall–Kier alpha value is -3.05. The molecule has 0 amide bonds. The van der Waals surface area contributed by atoms with Crippen LogP contribution < -0.4 is 10.3 Å². The van der Waals surface area contributed by atoms with E-state index in [2.05, 4.69) is 31.2 Å². The molecule has 146 valence electrons. The maximum atomic E-state index is 13.2. The van der Waals surface area contributed by atoms with Gasteiger partial charge < -0.3 is 4.74 Å². The molecule has 29 heavy (non-hydrogen) atoms. The van der Waals surface area contributed by atoms with E-state index in [0.29, 0.717) is 11.9 Å². The van der Waals surface area contributed by atoms with Gasteiger partial charge in [-0.1, -0.05) is 65.9 Å². The zero-order valence-electron chi connectivity index (χ0n) is 16.5. The van der Waals surface area contributed by atoms with Gasteiger partial charge in [-0.2, -0.15) is 0 Å². The van der Waals surface area contributed by atoms with E-state index in [1.54, 1.807) is 23.4 Å². The normalized spacial score (nSPS) is 11.0. The molecule has 0 saturated heterocycles. The fraction of sp³-hybridized carbons (Fsp3) is 0.167. The molecule has 0 bridgehead atoms. The molecule has 4 nitrogen and oxygen atoms in total. The summed E-state index contributed by atoms with van der Waals surface area (Å²) in [6, 6.07) is 23.8. The van der Waals surface area contributed by atoms with Crippen molar-refractivity contribution in [1.29, 1.82) is 0 Å². The predicted octanol–water partition coefficient (Wildman–Crippen LogP) is 5.05. The van der Waals surface area contributed by atoms with Gasteiger partial charge >= 0.3 is 0 Å². The molecule has 0 saturated carbocycles. The number of benzene rings is 3. The standard InChI is InChI=1S/C24H22N2O2S/c1-17-7-9-18(10-8-17)15-26-23(27)21-5-3-4-6-22(21)25-24(26)29-16-19-11-13-20(28-2)14-12-19/h3-14H,15-16H2,1-2H3. The van der Waals surface area contributed by atoms with Crippen molar-refractivity contribution in [3.63, 3.8) is 0 Å². The molecule has 0 fully saturated rings. The minimum Gasteiger partial charge on any atom is -0.497 e. The van der Waals surface area contributed by atoms with Crippen molar-refractivity contribution in [3.8, 4) is 5.75 Å². The number of hydrogen-bond donors (Lipinski definition) is 0. The maximum Gasteiger partial charge on any atom is 0.262 e. The van der Waals surface area contributed by atoms with Crippen LogP contribution >= 0.6 is 11.8 Å². The molecule has 1 heterocycles. The highest BCUT2D eigenvalue weighted by Gasteiger charge is 2.12. The summed E-state index contributed by atoms with van der Waals surface area (Å²) in [6.45, 7) is 2.56. The van der Waals surface area contributed by atoms with E-state index < -0.39 is 0 Å². The van der Waals surface area contributed by atoms with Gasteiger partial charge in [0.25, 0.3) is 5.56 Å². The maximum absolute atomic E-state index is 13.2. The highest BCUT2D eigenvalue weighted by Crippen LogP contribution is 2.24. The lowest BCUT2D eigenvalue weighted by Gasteiger charge is -2.13. The Morgan fingerprint density at radius 2 is 1.62 bits per heavy atom. The van der Waals surface area contributed by atoms with E-state index in [9.17, 15) is 4.79 Å². The van der Waals surface area contributed by atoms with E-state index in [-0.39, 0.29) is 5.56 Å². The molecule has 0 atom stereocenters. The van der Waals surface area contributed by atoms with Gasteiger partial charge in [-0.15, -0.1) is 0 Å². The first kappa shape index (κ1) is 19.3. The highest BCUT2D eigenvalue weighted by atomic mass is 32.2. The zero-order valence-corrected chi connectivity index (χ0v) is 17.3. The number of rotatable bonds is 6. The lowest BCUT2D eigenvalue weighted by atomic mass is 10.1. The molecule has 0 aliphatic rings. The number of nitrogens with zero attached hydrogens (tertiary/aromatic N) is 2. The molecule has 3 aromatic carbocycles. The van der Waals surface area contributed by atoms with Crippen LogP contribution in [0.5, 0.6) is 5.75 Å². The molecule has 1 aromatic heterocycles. The van der Waals surface area contributed by atoms with Crippen LogP contribution in [-0.2, 0) is 12.3 Å². The van der Waals surface area contributed by atoms with Crippen molar-refractivity contribution in [2.24, 2.45) is 0 Å². The minimum absolute atomic E-state index is 0.00611. The van der Waals surface area contributed by atoms with Crippen molar-refractivity contribution in [2.75, 3.05) is 7.11 Å². The SMILES string of the molecule is COc1ccc(CSc2nc3ccccc3c(=O)n2Cc2ccc(C)cc2)cc1. The molecular formula is C24H22N2O2S. The van der Waals surface area contributed by atoms with Crippen LogP contribution in [0.15, 0.2) is 82.7 Å². The van der Waals surface area contributed by atoms with Crippen molar-refractivity contribution >= 4 is 22.7 Å². The fourth-order valence-corrected chi connectivity index (χ4v) is 4.10. The molecule has 0 spiro atoms. The molecule has 0 aliphatic carbocycles. The van der Waals surface area contributed by atoms with Gasteiger partial charge in [0, 0.05) is 5.75 Å². The van der Waals surface area contributed by atoms with E-state index in [1.807, 2.05) is 48.5 Å². The summed E-state index contributed by atoms with van der Waals surface area (Å²) >= 11 is 1.58. The van der Waals surface area contributed by atoms with Crippen LogP contribution in [0.25, 0.3) is 10.9 Å². The summed E-state index contributed by atoms with van der Waals surface area (Å²) in [7, 11) is 1.66. The predicted molar refractivity (Wildman–Crippen MR) is 119 cm³/mol. The first-order chi connectivity index (χ1) is 14.1. The highest BCUT2D eigenvalue weighted by molar-refractivity contribution is 7.98. The third-order valence-electron chi connectivity index (χ3n) is 4.81. The fourth-order valence-electron chi connectivity index (χ4n) is 3.14. The molecule has 0 unspecified atom stereocenters. The lowest BCUT2D eigenvalue weighted by molar-refractivity contribution is 0.414. The third-order valence-corrected chi connectivity index (χ3v) is 5.86. The number of thioether (sulfide) groups is 1. The number of aromatic nitrogens is 2. The number of hydrogen-bond acceptors (Lipinski definition) is 4. The zero-order chi connectivity index (χ0) is 20.2. The molecule has 0 radical (unpaired) electrons. The van der Waals surface area contributed by atoms with Gasteiger partial charge in [0.15, 0.2) is 5.16 Å². The minimum atomic E-state index is -0.00611. The number of fused-ring (bicyclic) bond motifs is 1. The number of para-hydroxylation sites is 1. The Kier molecular flexibility index (Phi) is 5.67. The van der Waals surface area contributed by atoms with E-state index in [1.165, 1.54) is 5.56 Å². The summed E-state index contributed by atoms with van der Waals surface area (Å²) in [5.74, 6) is 1.56. The summed E-state index contributed by atoms with van der Waals surface area (Å²) < 4.78 is 7.00. The van der Waals surface area contributed by atoms with Crippen LogP contribution in [0.4, 0.5) is 0 Å². The Morgan fingerprint density at radius 3 is 2.34 bits per heavy atom. The topological polar surface area (TPSA) is 44.1 Å². The van der Waals surface area contributed by atoms with Crippen LogP contribution in [-0.4, -0.2) is 16.7 Å². The van der Waals surface area contributed by atoms with E-state index in [4.69, 9.17) is 9.72 Å². The van der Waals surface area contributed by atoms with Crippen LogP contribution in [0.2, 0.25) is 0 Å². The summed E-state index contributed by atoms with van der Waals surface area (Å²) in [4.78, 5) is 18.0. The molecular weight excluding hydrogens is 380 g/mol. The smallest absolute Gasteiger partial charge is 0.262 e. The van der Waals surface area contributed by atoms with Gasteiger partial charge in [0.05, 0.1) is 24.6 Å². The summed E-state index contributed by atoms with van der Waals surface area (Å²) in [5, 5.41) is 1.37. The van der Waals surface area contributed by atoms with Gasteiger partial charge in [-0.3, -0.25) is 9.36 Å². The van der Waals surface area contributed by atoms with Crippen LogP contribution in [0.3, 0.4) is 0 Å². The Balaban J connectivity index is 1.69. The van der Waals surface area contributed by atoms with Crippen molar-refractivity contribution in [1.82, 2.24) is 9.55 Å². The Labute approximate surface area is 174 Å². The number of ether oxygens (including phenoxy) is 1. The summed E-state index contributed by atoms with van der Waals surface area (Å²) in [6.07, 6.45) is 0. The lowest BCUT2D eigenvalue weighted by Crippen LogP contribution is -2.24. The second-order valence-electron chi connectivity index (χ2n) is 6.93. The Morgan fingerprint density at radius 1 is 0.931 bits per heavy atom. The first-order valence-corrected chi connectivity index (χ1v) is 10.4. The van der Waals surface area contributed by atoms with Crippen LogP contribution in [0, 0.1) is 6.92 Å². The largest absolute Gasteiger partial charge is 0.497 e. The number of aryl methyl sites for hydroxylation is 1. The third kappa shape index (κ3) is 4.35. The molecule has 0 N–H and O–H groups in total. The monoisotopic (exact) mass is 402 g/mol. The quantitative estimate of drug-likeness (QED) is 0.334. The average molecular weight is 403 g/mol. The van der Waals surface area contributed by atoms with Gasteiger partial charge in [0.2, 0.25) is 0 Å². The van der Waals surface area contributed by atoms with Gasteiger partial charge in [-0.05, 0) is 42.3 Å². The average Bonchev–Trinajstić information content (AvgIpc) is 2.76.